The number of carbonyl (C=O) groups is 1. The van der Waals surface area contributed by atoms with E-state index in [0.29, 0.717) is 12.2 Å². The molecule has 1 heterocycles. The summed E-state index contributed by atoms with van der Waals surface area (Å²) in [6.07, 6.45) is 0.816. The molecule has 1 aliphatic heterocycles. The first-order chi connectivity index (χ1) is 16.1. The van der Waals surface area contributed by atoms with Gasteiger partial charge in [-0.3, -0.25) is 4.99 Å². The van der Waals surface area contributed by atoms with Gasteiger partial charge in [0, 0.05) is 44.1 Å². The van der Waals surface area contributed by atoms with Crippen molar-refractivity contribution in [1.82, 2.24) is 4.90 Å². The smallest absolute Gasteiger partial charge is 0.335 e. The van der Waals surface area contributed by atoms with E-state index in [9.17, 15) is 14.3 Å². The van der Waals surface area contributed by atoms with Crippen molar-refractivity contribution in [2.75, 3.05) is 42.9 Å². The van der Waals surface area contributed by atoms with Crippen LogP contribution in [0.5, 0.6) is 0 Å². The molecule has 1 saturated heterocycles. The van der Waals surface area contributed by atoms with Crippen LogP contribution in [0.4, 0.5) is 15.8 Å². The Bertz CT molecular complexity index is 1090. The third kappa shape index (κ3) is 6.10. The minimum atomic E-state index is -0.964. The maximum Gasteiger partial charge on any atom is 0.335 e. The first-order valence-electron chi connectivity index (χ1n) is 11.0. The molecule has 0 radical (unpaired) electrons. The number of nitrogens with zero attached hydrogens (tertiary/aromatic N) is 3. The van der Waals surface area contributed by atoms with E-state index in [1.807, 2.05) is 24.3 Å². The number of piperazine rings is 1. The Labute approximate surface area is 193 Å². The predicted molar refractivity (Wildman–Crippen MR) is 130 cm³/mol. The van der Waals surface area contributed by atoms with Gasteiger partial charge in [-0.2, -0.15) is 0 Å². The first-order valence-corrected chi connectivity index (χ1v) is 11.0. The second-order valence-corrected chi connectivity index (χ2v) is 7.90. The summed E-state index contributed by atoms with van der Waals surface area (Å²) in [6.45, 7) is 3.66. The van der Waals surface area contributed by atoms with Gasteiger partial charge in [0.25, 0.3) is 0 Å². The number of nitrogens with one attached hydrogen (secondary N) is 1. The zero-order chi connectivity index (χ0) is 23.0. The van der Waals surface area contributed by atoms with E-state index in [-0.39, 0.29) is 11.4 Å². The third-order valence-electron chi connectivity index (χ3n) is 5.64. The highest BCUT2D eigenvalue weighted by Crippen LogP contribution is 2.18. The van der Waals surface area contributed by atoms with E-state index in [1.54, 1.807) is 30.3 Å². The fourth-order valence-corrected chi connectivity index (χ4v) is 3.84. The number of halogens is 1. The summed E-state index contributed by atoms with van der Waals surface area (Å²) in [5.41, 5.74) is 3.13. The molecular formula is C26H27FN4O2. The van der Waals surface area contributed by atoms with Gasteiger partial charge < -0.3 is 20.2 Å². The monoisotopic (exact) mass is 446 g/mol. The lowest BCUT2D eigenvalue weighted by atomic mass is 10.1. The molecule has 0 atom stereocenters. The summed E-state index contributed by atoms with van der Waals surface area (Å²) in [6, 6.07) is 23.5. The molecule has 0 unspecified atom stereocenters. The number of carboxylic acid groups (broad SMARTS) is 1. The van der Waals surface area contributed by atoms with E-state index in [4.69, 9.17) is 4.99 Å². The van der Waals surface area contributed by atoms with Crippen molar-refractivity contribution in [2.24, 2.45) is 4.99 Å². The molecule has 3 aromatic rings. The van der Waals surface area contributed by atoms with Crippen LogP contribution < -0.4 is 10.2 Å². The van der Waals surface area contributed by atoms with Crippen LogP contribution in [-0.2, 0) is 6.42 Å². The molecule has 4 rings (SSSR count). The molecule has 1 aliphatic rings. The van der Waals surface area contributed by atoms with Gasteiger partial charge in [0.05, 0.1) is 5.56 Å². The van der Waals surface area contributed by atoms with E-state index < -0.39 is 5.97 Å². The Hall–Kier alpha value is -3.87. The van der Waals surface area contributed by atoms with Crippen LogP contribution in [0.25, 0.3) is 0 Å². The van der Waals surface area contributed by atoms with Gasteiger partial charge in [0.2, 0.25) is 0 Å². The Morgan fingerprint density at radius 2 is 1.67 bits per heavy atom. The average Bonchev–Trinajstić information content (AvgIpc) is 2.85. The summed E-state index contributed by atoms with van der Waals surface area (Å²) in [4.78, 5) is 20.6. The zero-order valence-electron chi connectivity index (χ0n) is 18.3. The normalized spacial score (nSPS) is 14.3. The van der Waals surface area contributed by atoms with Crippen molar-refractivity contribution in [3.05, 3.63) is 95.8 Å². The minimum Gasteiger partial charge on any atom is -0.478 e. The number of rotatable bonds is 6. The minimum absolute atomic E-state index is 0.227. The van der Waals surface area contributed by atoms with Crippen molar-refractivity contribution in [3.8, 4) is 0 Å². The number of anilines is 2. The summed E-state index contributed by atoms with van der Waals surface area (Å²) < 4.78 is 13.3. The number of aliphatic imine (C=N–C) groups is 1. The second kappa shape index (κ2) is 10.6. The lowest BCUT2D eigenvalue weighted by molar-refractivity contribution is 0.0697. The summed E-state index contributed by atoms with van der Waals surface area (Å²) in [7, 11) is 0. The molecular weight excluding hydrogens is 419 g/mol. The molecule has 0 aliphatic carbocycles. The Morgan fingerprint density at radius 3 is 2.36 bits per heavy atom. The van der Waals surface area contributed by atoms with Gasteiger partial charge in [0.1, 0.15) is 5.82 Å². The SMILES string of the molecule is O=C(O)c1cccc(NC(=NCCc2ccccc2)N2CCN(c3ccc(F)cc3)CC2)c1. The lowest BCUT2D eigenvalue weighted by Gasteiger charge is -2.37. The molecule has 0 aromatic heterocycles. The Balaban J connectivity index is 1.47. The van der Waals surface area contributed by atoms with Gasteiger partial charge >= 0.3 is 5.97 Å². The predicted octanol–water partition coefficient (Wildman–Crippen LogP) is 4.36. The molecule has 0 saturated carbocycles. The third-order valence-corrected chi connectivity index (χ3v) is 5.64. The highest BCUT2D eigenvalue weighted by atomic mass is 19.1. The van der Waals surface area contributed by atoms with Crippen molar-refractivity contribution in [1.29, 1.82) is 0 Å². The number of hydrogen-bond donors (Lipinski definition) is 2. The molecule has 1 fully saturated rings. The topological polar surface area (TPSA) is 68.2 Å². The molecule has 7 heteroatoms. The first kappa shape index (κ1) is 22.3. The average molecular weight is 447 g/mol. The summed E-state index contributed by atoms with van der Waals surface area (Å²) in [5, 5.41) is 12.7. The van der Waals surface area contributed by atoms with Gasteiger partial charge in [0.15, 0.2) is 5.96 Å². The summed E-state index contributed by atoms with van der Waals surface area (Å²) >= 11 is 0. The van der Waals surface area contributed by atoms with Gasteiger partial charge in [-0.05, 0) is 54.4 Å². The number of aromatic carboxylic acids is 1. The van der Waals surface area contributed by atoms with Crippen molar-refractivity contribution in [3.63, 3.8) is 0 Å². The van der Waals surface area contributed by atoms with Crippen LogP contribution in [0.1, 0.15) is 15.9 Å². The number of hydrogen-bond acceptors (Lipinski definition) is 3. The van der Waals surface area contributed by atoms with E-state index in [0.717, 1.165) is 44.2 Å². The number of benzene rings is 3. The van der Waals surface area contributed by atoms with Crippen LogP contribution in [0.15, 0.2) is 83.9 Å². The molecule has 3 aromatic carbocycles. The van der Waals surface area contributed by atoms with Crippen molar-refractivity contribution >= 4 is 23.3 Å². The fraction of sp³-hybridized carbons (Fsp3) is 0.231. The van der Waals surface area contributed by atoms with Crippen molar-refractivity contribution in [2.45, 2.75) is 6.42 Å². The van der Waals surface area contributed by atoms with E-state index in [1.165, 1.54) is 17.7 Å². The largest absolute Gasteiger partial charge is 0.478 e. The quantitative estimate of drug-likeness (QED) is 0.435. The molecule has 0 spiro atoms. The Morgan fingerprint density at radius 1 is 0.939 bits per heavy atom. The van der Waals surface area contributed by atoms with Gasteiger partial charge in [-0.25, -0.2) is 9.18 Å². The highest BCUT2D eigenvalue weighted by molar-refractivity contribution is 5.96. The molecule has 0 amide bonds. The van der Waals surface area contributed by atoms with E-state index in [2.05, 4.69) is 27.2 Å². The number of guanidine groups is 1. The van der Waals surface area contributed by atoms with Gasteiger partial charge in [-0.15, -0.1) is 0 Å². The zero-order valence-corrected chi connectivity index (χ0v) is 18.3. The number of carboxylic acids is 1. The standard InChI is InChI=1S/C26H27FN4O2/c27-22-9-11-24(12-10-22)30-15-17-31(18-16-30)26(28-14-13-20-5-2-1-3-6-20)29-23-8-4-7-21(19-23)25(32)33/h1-12,19H,13-18H2,(H,28,29)(H,32,33). The second-order valence-electron chi connectivity index (χ2n) is 7.90. The molecule has 33 heavy (non-hydrogen) atoms. The van der Waals surface area contributed by atoms with Crippen LogP contribution >= 0.6 is 0 Å². The van der Waals surface area contributed by atoms with Crippen LogP contribution in [0.2, 0.25) is 0 Å². The van der Waals surface area contributed by atoms with Crippen LogP contribution in [0.3, 0.4) is 0 Å². The lowest BCUT2D eigenvalue weighted by Crippen LogP contribution is -2.50. The maximum atomic E-state index is 13.3. The Kier molecular flexibility index (Phi) is 7.19. The van der Waals surface area contributed by atoms with Gasteiger partial charge in [-0.1, -0.05) is 36.4 Å². The molecule has 6 nitrogen and oxygen atoms in total. The molecule has 0 bridgehead atoms. The van der Waals surface area contributed by atoms with E-state index >= 15 is 0 Å². The highest BCUT2D eigenvalue weighted by Gasteiger charge is 2.20. The molecule has 2 N–H and O–H groups in total. The van der Waals surface area contributed by atoms with Crippen molar-refractivity contribution < 1.29 is 14.3 Å². The van der Waals surface area contributed by atoms with Crippen LogP contribution in [-0.4, -0.2) is 54.7 Å². The maximum absolute atomic E-state index is 13.3. The van der Waals surface area contributed by atoms with Crippen LogP contribution in [0, 0.1) is 5.82 Å². The fourth-order valence-electron chi connectivity index (χ4n) is 3.84. The summed E-state index contributed by atoms with van der Waals surface area (Å²) in [5.74, 6) is -0.473. The molecule has 170 valence electrons.